The first-order chi connectivity index (χ1) is 15.1. The molecule has 2 aromatic carbocycles. The third-order valence-corrected chi connectivity index (χ3v) is 5.14. The van der Waals surface area contributed by atoms with Gasteiger partial charge in [-0.2, -0.15) is 0 Å². The number of carbonyl (C=O) groups excluding carboxylic acids is 1. The summed E-state index contributed by atoms with van der Waals surface area (Å²) in [5, 5.41) is 2.94. The van der Waals surface area contributed by atoms with Gasteiger partial charge < -0.3 is 19.5 Å². The van der Waals surface area contributed by atoms with Crippen LogP contribution in [0.1, 0.15) is 24.1 Å². The number of hydrogen-bond acceptors (Lipinski definition) is 5. The van der Waals surface area contributed by atoms with Gasteiger partial charge >= 0.3 is 0 Å². The van der Waals surface area contributed by atoms with Crippen molar-refractivity contribution in [2.75, 3.05) is 46.6 Å². The van der Waals surface area contributed by atoms with E-state index >= 15 is 0 Å². The molecule has 6 nitrogen and oxygen atoms in total. The first kappa shape index (κ1) is 22.8. The molecule has 1 fully saturated rings. The lowest BCUT2D eigenvalue weighted by molar-refractivity contribution is -0.123. The van der Waals surface area contributed by atoms with Gasteiger partial charge in [0.25, 0.3) is 5.91 Å². The highest BCUT2D eigenvalue weighted by Crippen LogP contribution is 2.28. The molecule has 1 N–H and O–H groups in total. The van der Waals surface area contributed by atoms with Gasteiger partial charge in [-0.3, -0.25) is 9.69 Å². The van der Waals surface area contributed by atoms with Gasteiger partial charge in [0.05, 0.1) is 26.4 Å². The van der Waals surface area contributed by atoms with Crippen molar-refractivity contribution < 1.29 is 23.4 Å². The number of rotatable bonds is 9. The Labute approximate surface area is 182 Å². The molecule has 1 unspecified atom stereocenters. The molecular formula is C24H29FN2O4. The van der Waals surface area contributed by atoms with E-state index in [1.54, 1.807) is 25.3 Å². The third-order valence-electron chi connectivity index (χ3n) is 5.14. The Morgan fingerprint density at radius 3 is 2.61 bits per heavy atom. The van der Waals surface area contributed by atoms with Gasteiger partial charge in [0.1, 0.15) is 5.82 Å². The summed E-state index contributed by atoms with van der Waals surface area (Å²) < 4.78 is 29.9. The van der Waals surface area contributed by atoms with Gasteiger partial charge in [0, 0.05) is 19.6 Å². The molecule has 0 bridgehead atoms. The topological polar surface area (TPSA) is 60.0 Å². The second-order valence-electron chi connectivity index (χ2n) is 7.22. The Hall–Kier alpha value is -2.90. The summed E-state index contributed by atoms with van der Waals surface area (Å²) in [7, 11) is 1.57. The number of hydrogen-bond donors (Lipinski definition) is 1. The van der Waals surface area contributed by atoms with Gasteiger partial charge in [-0.1, -0.05) is 30.4 Å². The summed E-state index contributed by atoms with van der Waals surface area (Å²) in [6, 6.07) is 11.9. The predicted molar refractivity (Wildman–Crippen MR) is 118 cm³/mol. The molecule has 0 radical (unpaired) electrons. The van der Waals surface area contributed by atoms with E-state index in [4.69, 9.17) is 14.2 Å². The third kappa shape index (κ3) is 6.54. The predicted octanol–water partition coefficient (Wildman–Crippen LogP) is 3.44. The molecule has 1 aliphatic rings. The smallest absolute Gasteiger partial charge is 0.258 e. The highest BCUT2D eigenvalue weighted by Gasteiger charge is 2.23. The van der Waals surface area contributed by atoms with Crippen molar-refractivity contribution in [3.63, 3.8) is 0 Å². The number of ether oxygens (including phenoxy) is 3. The maximum absolute atomic E-state index is 13.4. The quantitative estimate of drug-likeness (QED) is 0.663. The number of methoxy groups -OCH3 is 1. The summed E-state index contributed by atoms with van der Waals surface area (Å²) in [4.78, 5) is 14.7. The number of amides is 1. The van der Waals surface area contributed by atoms with Crippen LogP contribution in [-0.2, 0) is 9.53 Å². The fraction of sp³-hybridized carbons (Fsp3) is 0.375. The monoisotopic (exact) mass is 428 g/mol. The second kappa shape index (κ2) is 11.5. The number of morpholine rings is 1. The normalized spacial score (nSPS) is 15.6. The van der Waals surface area contributed by atoms with E-state index in [0.717, 1.165) is 24.2 Å². The zero-order chi connectivity index (χ0) is 22.1. The number of benzene rings is 2. The zero-order valence-electron chi connectivity index (χ0n) is 18.0. The van der Waals surface area contributed by atoms with Crippen LogP contribution in [0.25, 0.3) is 6.08 Å². The highest BCUT2D eigenvalue weighted by atomic mass is 19.1. The fourth-order valence-electron chi connectivity index (χ4n) is 3.54. The van der Waals surface area contributed by atoms with Gasteiger partial charge in [-0.05, 0) is 42.3 Å². The molecular weight excluding hydrogens is 399 g/mol. The summed E-state index contributed by atoms with van der Waals surface area (Å²) >= 11 is 0. The van der Waals surface area contributed by atoms with Gasteiger partial charge in [0.2, 0.25) is 0 Å². The zero-order valence-corrected chi connectivity index (χ0v) is 18.0. The van der Waals surface area contributed by atoms with Gasteiger partial charge in [-0.25, -0.2) is 4.39 Å². The van der Waals surface area contributed by atoms with E-state index in [9.17, 15) is 9.18 Å². The molecule has 0 spiro atoms. The summed E-state index contributed by atoms with van der Waals surface area (Å²) in [5.74, 6) is 0.561. The van der Waals surface area contributed by atoms with Crippen LogP contribution in [0, 0.1) is 5.82 Å². The van der Waals surface area contributed by atoms with Crippen LogP contribution in [-0.4, -0.2) is 57.4 Å². The van der Waals surface area contributed by atoms with Crippen LogP contribution in [0.5, 0.6) is 11.5 Å². The van der Waals surface area contributed by atoms with Crippen LogP contribution < -0.4 is 14.8 Å². The van der Waals surface area contributed by atoms with E-state index in [2.05, 4.69) is 10.2 Å². The van der Waals surface area contributed by atoms with Crippen molar-refractivity contribution in [2.24, 2.45) is 0 Å². The molecule has 1 amide bonds. The Balaban J connectivity index is 1.60. The lowest BCUT2D eigenvalue weighted by Gasteiger charge is -2.35. The Morgan fingerprint density at radius 1 is 1.19 bits per heavy atom. The Kier molecular flexibility index (Phi) is 8.44. The molecule has 2 aromatic rings. The maximum Gasteiger partial charge on any atom is 0.258 e. The number of allylic oxidation sites excluding steroid dienone is 1. The van der Waals surface area contributed by atoms with Gasteiger partial charge in [-0.15, -0.1) is 0 Å². The minimum absolute atomic E-state index is 0.0666. The average molecular weight is 429 g/mol. The molecule has 1 atom stereocenters. The molecule has 0 saturated carbocycles. The van der Waals surface area contributed by atoms with Crippen molar-refractivity contribution in [1.82, 2.24) is 10.2 Å². The maximum atomic E-state index is 13.4. The number of nitrogens with one attached hydrogen (secondary N) is 1. The van der Waals surface area contributed by atoms with Crippen LogP contribution in [0.15, 0.2) is 48.5 Å². The molecule has 166 valence electrons. The molecule has 0 aromatic heterocycles. The molecule has 1 aliphatic heterocycles. The van der Waals surface area contributed by atoms with E-state index in [1.165, 1.54) is 12.1 Å². The number of halogens is 1. The summed E-state index contributed by atoms with van der Waals surface area (Å²) in [6.45, 7) is 4.99. The van der Waals surface area contributed by atoms with E-state index in [-0.39, 0.29) is 24.4 Å². The number of carbonyl (C=O) groups is 1. The SMILES string of the molecule is C/C=C/c1ccc(OCC(=O)NCC(c2ccc(F)cc2)N2CCOCC2)c(OC)c1. The van der Waals surface area contributed by atoms with Crippen LogP contribution in [0.4, 0.5) is 4.39 Å². The summed E-state index contributed by atoms with van der Waals surface area (Å²) in [6.07, 6.45) is 3.90. The molecule has 31 heavy (non-hydrogen) atoms. The van der Waals surface area contributed by atoms with Crippen molar-refractivity contribution >= 4 is 12.0 Å². The molecule has 1 saturated heterocycles. The molecule has 7 heteroatoms. The van der Waals surface area contributed by atoms with Crippen LogP contribution in [0.2, 0.25) is 0 Å². The Morgan fingerprint density at radius 2 is 1.94 bits per heavy atom. The largest absolute Gasteiger partial charge is 0.493 e. The highest BCUT2D eigenvalue weighted by molar-refractivity contribution is 5.77. The van der Waals surface area contributed by atoms with Crippen LogP contribution >= 0.6 is 0 Å². The van der Waals surface area contributed by atoms with E-state index in [0.29, 0.717) is 31.3 Å². The van der Waals surface area contributed by atoms with Crippen molar-refractivity contribution in [1.29, 1.82) is 0 Å². The van der Waals surface area contributed by atoms with E-state index in [1.807, 2.05) is 31.2 Å². The van der Waals surface area contributed by atoms with Crippen LogP contribution in [0.3, 0.4) is 0 Å². The van der Waals surface area contributed by atoms with Crippen molar-refractivity contribution in [3.8, 4) is 11.5 Å². The molecule has 0 aliphatic carbocycles. The lowest BCUT2D eigenvalue weighted by atomic mass is 10.0. The first-order valence-corrected chi connectivity index (χ1v) is 10.4. The minimum atomic E-state index is -0.281. The average Bonchev–Trinajstić information content (AvgIpc) is 2.80. The Bertz CT molecular complexity index is 880. The molecule has 1 heterocycles. The number of nitrogens with zero attached hydrogens (tertiary/aromatic N) is 1. The second-order valence-corrected chi connectivity index (χ2v) is 7.22. The first-order valence-electron chi connectivity index (χ1n) is 10.4. The fourth-order valence-corrected chi connectivity index (χ4v) is 3.54. The lowest BCUT2D eigenvalue weighted by Crippen LogP contribution is -2.44. The van der Waals surface area contributed by atoms with E-state index < -0.39 is 0 Å². The standard InChI is InChI=1S/C24H29FN2O4/c1-3-4-18-5-10-22(23(15-18)29-2)31-17-24(28)26-16-21(27-11-13-30-14-12-27)19-6-8-20(25)9-7-19/h3-10,15,21H,11-14,16-17H2,1-2H3,(H,26,28)/b4-3+. The van der Waals surface area contributed by atoms with Crippen molar-refractivity contribution in [2.45, 2.75) is 13.0 Å². The summed E-state index contributed by atoms with van der Waals surface area (Å²) in [5.41, 5.74) is 1.94. The molecule has 3 rings (SSSR count). The van der Waals surface area contributed by atoms with Crippen molar-refractivity contribution in [3.05, 3.63) is 65.5 Å². The van der Waals surface area contributed by atoms with Gasteiger partial charge in [0.15, 0.2) is 18.1 Å². The minimum Gasteiger partial charge on any atom is -0.493 e.